The van der Waals surface area contributed by atoms with Crippen molar-refractivity contribution in [2.24, 2.45) is 0 Å². The minimum atomic E-state index is -0.946. The van der Waals surface area contributed by atoms with Crippen molar-refractivity contribution in [1.82, 2.24) is 10.2 Å². The normalized spacial score (nSPS) is 10.5. The molecule has 0 aliphatic heterocycles. The Bertz CT molecular complexity index is 272. The third-order valence-corrected chi connectivity index (χ3v) is 1.50. The number of aromatic nitrogens is 2. The molecule has 0 unspecified atom stereocenters. The van der Waals surface area contributed by atoms with E-state index in [1.165, 1.54) is 0 Å². The first kappa shape index (κ1) is 8.29. The molecule has 1 aromatic heterocycles. The van der Waals surface area contributed by atoms with Crippen molar-refractivity contribution in [3.8, 4) is 0 Å². The number of aromatic amines is 1. The Labute approximate surface area is 71.5 Å². The van der Waals surface area contributed by atoms with Crippen LogP contribution in [0.1, 0.15) is 10.5 Å². The van der Waals surface area contributed by atoms with Gasteiger partial charge in [0.1, 0.15) is 11.9 Å². The highest BCUT2D eigenvalue weighted by molar-refractivity contribution is 6.44. The Balaban J connectivity index is 3.06. The first-order valence-corrected chi connectivity index (χ1v) is 3.46. The summed E-state index contributed by atoms with van der Waals surface area (Å²) in [4.78, 5) is 8.67. The molecule has 5 nitrogen and oxygen atoms in total. The number of hydrogen-bond acceptors (Lipinski definition) is 3. The third kappa shape index (κ3) is 1.61. The molecule has 1 rings (SSSR count). The standard InChI is InChI=1S/C4H3Cl2N3O2/c5-4(6)3-2(9(10)11)1-7-8-3/h1,4H,(H,7,8). The highest BCUT2D eigenvalue weighted by atomic mass is 35.5. The van der Waals surface area contributed by atoms with Gasteiger partial charge in [0.05, 0.1) is 4.92 Å². The molecule has 0 aromatic carbocycles. The summed E-state index contributed by atoms with van der Waals surface area (Å²) in [5, 5.41) is 16.0. The largest absolute Gasteiger partial charge is 0.312 e. The summed E-state index contributed by atoms with van der Waals surface area (Å²) in [7, 11) is 0. The molecule has 0 amide bonds. The maximum Gasteiger partial charge on any atom is 0.312 e. The Morgan fingerprint density at radius 1 is 1.73 bits per heavy atom. The second-order valence-electron chi connectivity index (χ2n) is 1.73. The van der Waals surface area contributed by atoms with Crippen LogP contribution in [0.4, 0.5) is 5.69 Å². The van der Waals surface area contributed by atoms with E-state index >= 15 is 0 Å². The molecule has 1 heterocycles. The number of halogens is 2. The number of H-pyrrole nitrogens is 1. The van der Waals surface area contributed by atoms with Gasteiger partial charge in [-0.05, 0) is 0 Å². The predicted molar refractivity (Wildman–Crippen MR) is 39.7 cm³/mol. The van der Waals surface area contributed by atoms with Gasteiger partial charge in [0.2, 0.25) is 0 Å². The fourth-order valence-electron chi connectivity index (χ4n) is 0.596. The lowest BCUT2D eigenvalue weighted by atomic mass is 10.4. The fourth-order valence-corrected chi connectivity index (χ4v) is 0.917. The molecule has 60 valence electrons. The number of rotatable bonds is 2. The first-order valence-electron chi connectivity index (χ1n) is 2.58. The second kappa shape index (κ2) is 3.06. The number of alkyl halides is 2. The van der Waals surface area contributed by atoms with E-state index in [-0.39, 0.29) is 11.4 Å². The SMILES string of the molecule is O=[N+]([O-])c1cn[nH]c1C(Cl)Cl. The topological polar surface area (TPSA) is 71.8 Å². The van der Waals surface area contributed by atoms with Gasteiger partial charge >= 0.3 is 5.69 Å². The molecule has 11 heavy (non-hydrogen) atoms. The molecule has 0 spiro atoms. The Morgan fingerprint density at radius 2 is 2.36 bits per heavy atom. The smallest absolute Gasteiger partial charge is 0.273 e. The molecule has 1 N–H and O–H groups in total. The predicted octanol–water partition coefficient (Wildman–Crippen LogP) is 1.79. The second-order valence-corrected chi connectivity index (χ2v) is 2.82. The maximum atomic E-state index is 10.2. The molecule has 0 radical (unpaired) electrons. The number of hydrogen-bond donors (Lipinski definition) is 1. The minimum Gasteiger partial charge on any atom is -0.273 e. The van der Waals surface area contributed by atoms with E-state index in [1.54, 1.807) is 0 Å². The molecule has 0 bridgehead atoms. The molecule has 0 saturated heterocycles. The van der Waals surface area contributed by atoms with Gasteiger partial charge in [-0.15, -0.1) is 0 Å². The van der Waals surface area contributed by atoms with Crippen molar-refractivity contribution in [3.05, 3.63) is 22.0 Å². The monoisotopic (exact) mass is 195 g/mol. The van der Waals surface area contributed by atoms with Crippen LogP contribution in [0, 0.1) is 10.1 Å². The van der Waals surface area contributed by atoms with Gasteiger partial charge in [-0.1, -0.05) is 23.2 Å². The molecule has 7 heteroatoms. The zero-order valence-electron chi connectivity index (χ0n) is 5.12. The van der Waals surface area contributed by atoms with Crippen LogP contribution in [0.5, 0.6) is 0 Å². The lowest BCUT2D eigenvalue weighted by Crippen LogP contribution is -1.91. The van der Waals surface area contributed by atoms with Crippen molar-refractivity contribution in [3.63, 3.8) is 0 Å². The molecule has 0 saturated carbocycles. The van der Waals surface area contributed by atoms with E-state index in [1.807, 2.05) is 0 Å². The minimum absolute atomic E-state index is 0.110. The maximum absolute atomic E-state index is 10.2. The van der Waals surface area contributed by atoms with Crippen LogP contribution in [0.2, 0.25) is 0 Å². The molecular formula is C4H3Cl2N3O2. The van der Waals surface area contributed by atoms with Crippen LogP contribution in [-0.4, -0.2) is 15.1 Å². The molecule has 0 aliphatic rings. The molecule has 0 aliphatic carbocycles. The van der Waals surface area contributed by atoms with E-state index < -0.39 is 9.76 Å². The van der Waals surface area contributed by atoms with E-state index in [2.05, 4.69) is 10.2 Å². The van der Waals surface area contributed by atoms with Crippen molar-refractivity contribution < 1.29 is 4.92 Å². The van der Waals surface area contributed by atoms with Gasteiger partial charge in [0, 0.05) is 0 Å². The number of nitrogens with zero attached hydrogens (tertiary/aromatic N) is 2. The summed E-state index contributed by atoms with van der Waals surface area (Å²) in [5.41, 5.74) is -0.0849. The van der Waals surface area contributed by atoms with E-state index in [0.29, 0.717) is 0 Å². The summed E-state index contributed by atoms with van der Waals surface area (Å²) >= 11 is 10.8. The lowest BCUT2D eigenvalue weighted by molar-refractivity contribution is -0.385. The summed E-state index contributed by atoms with van der Waals surface area (Å²) < 4.78 is 0. The Morgan fingerprint density at radius 3 is 2.73 bits per heavy atom. The third-order valence-electron chi connectivity index (χ3n) is 1.06. The van der Waals surface area contributed by atoms with Crippen LogP contribution >= 0.6 is 23.2 Å². The molecule has 1 aromatic rings. The average molecular weight is 196 g/mol. The highest BCUT2D eigenvalue weighted by Gasteiger charge is 2.20. The summed E-state index contributed by atoms with van der Waals surface area (Å²) in [6, 6.07) is 0. The van der Waals surface area contributed by atoms with Gasteiger partial charge < -0.3 is 0 Å². The Kier molecular flexibility index (Phi) is 2.31. The van der Waals surface area contributed by atoms with E-state index in [0.717, 1.165) is 6.20 Å². The molecule has 0 fully saturated rings. The van der Waals surface area contributed by atoms with Crippen molar-refractivity contribution in [2.45, 2.75) is 4.84 Å². The first-order chi connectivity index (χ1) is 5.13. The summed E-state index contributed by atoms with van der Waals surface area (Å²) in [6.45, 7) is 0. The van der Waals surface area contributed by atoms with E-state index in [4.69, 9.17) is 23.2 Å². The number of nitro groups is 1. The lowest BCUT2D eigenvalue weighted by Gasteiger charge is -1.93. The van der Waals surface area contributed by atoms with Crippen molar-refractivity contribution >= 4 is 28.9 Å². The van der Waals surface area contributed by atoms with Crippen LogP contribution in [-0.2, 0) is 0 Å². The van der Waals surface area contributed by atoms with Gasteiger partial charge in [-0.2, -0.15) is 5.10 Å². The van der Waals surface area contributed by atoms with Crippen molar-refractivity contribution in [1.29, 1.82) is 0 Å². The fraction of sp³-hybridized carbons (Fsp3) is 0.250. The summed E-state index contributed by atoms with van der Waals surface area (Å²) in [5.74, 6) is 0. The molecule has 0 atom stereocenters. The van der Waals surface area contributed by atoms with Crippen LogP contribution < -0.4 is 0 Å². The Hall–Kier alpha value is -0.810. The zero-order chi connectivity index (χ0) is 8.43. The van der Waals surface area contributed by atoms with Gasteiger partial charge in [-0.25, -0.2) is 0 Å². The van der Waals surface area contributed by atoms with E-state index in [9.17, 15) is 10.1 Å². The zero-order valence-corrected chi connectivity index (χ0v) is 6.63. The van der Waals surface area contributed by atoms with Gasteiger partial charge in [0.15, 0.2) is 4.84 Å². The quantitative estimate of drug-likeness (QED) is 0.445. The molecular weight excluding hydrogens is 193 g/mol. The summed E-state index contributed by atoms with van der Waals surface area (Å²) in [6.07, 6.45) is 1.06. The van der Waals surface area contributed by atoms with Crippen molar-refractivity contribution in [2.75, 3.05) is 0 Å². The van der Waals surface area contributed by atoms with Crippen LogP contribution in [0.3, 0.4) is 0 Å². The van der Waals surface area contributed by atoms with Gasteiger partial charge in [0.25, 0.3) is 0 Å². The number of nitrogens with one attached hydrogen (secondary N) is 1. The highest BCUT2D eigenvalue weighted by Crippen LogP contribution is 2.29. The van der Waals surface area contributed by atoms with Crippen LogP contribution in [0.25, 0.3) is 0 Å². The van der Waals surface area contributed by atoms with Gasteiger partial charge in [-0.3, -0.25) is 15.2 Å². The van der Waals surface area contributed by atoms with Crippen LogP contribution in [0.15, 0.2) is 6.20 Å². The average Bonchev–Trinajstić information content (AvgIpc) is 2.32.